The van der Waals surface area contributed by atoms with Crippen LogP contribution in [-0.2, 0) is 9.59 Å². The first kappa shape index (κ1) is 17.7. The number of likely N-dealkylation sites (tertiary alicyclic amines) is 1. The molecule has 1 unspecified atom stereocenters. The molecule has 4 heterocycles. The molecule has 4 rings (SSSR count). The maximum absolute atomic E-state index is 12.8. The van der Waals surface area contributed by atoms with Gasteiger partial charge in [0, 0.05) is 25.2 Å². The van der Waals surface area contributed by atoms with Crippen molar-refractivity contribution < 1.29 is 19.1 Å². The number of piperidine rings is 1. The van der Waals surface area contributed by atoms with Gasteiger partial charge in [-0.2, -0.15) is 0 Å². The molecule has 1 atom stereocenters. The van der Waals surface area contributed by atoms with Gasteiger partial charge < -0.3 is 9.64 Å². The summed E-state index contributed by atoms with van der Waals surface area (Å²) in [6.07, 6.45) is 3.12. The molecule has 0 aliphatic carbocycles. The average Bonchev–Trinajstić information content (AvgIpc) is 3.24. The Balaban J connectivity index is 1.45. The predicted molar refractivity (Wildman–Crippen MR) is 100 cm³/mol. The van der Waals surface area contributed by atoms with Gasteiger partial charge in [-0.1, -0.05) is 6.07 Å². The maximum atomic E-state index is 12.8. The number of rotatable bonds is 4. The van der Waals surface area contributed by atoms with E-state index in [2.05, 4.69) is 4.98 Å². The van der Waals surface area contributed by atoms with E-state index >= 15 is 0 Å². The first-order valence-electron chi connectivity index (χ1n) is 8.87. The number of thiophene rings is 1. The van der Waals surface area contributed by atoms with Gasteiger partial charge in [0.15, 0.2) is 24.0 Å². The minimum Gasteiger partial charge on any atom is -0.480 e. The van der Waals surface area contributed by atoms with Gasteiger partial charge in [-0.15, -0.1) is 11.3 Å². The van der Waals surface area contributed by atoms with Crippen molar-refractivity contribution in [2.45, 2.75) is 12.8 Å². The smallest absolute Gasteiger partial charge is 0.266 e. The van der Waals surface area contributed by atoms with E-state index in [1.54, 1.807) is 23.2 Å². The van der Waals surface area contributed by atoms with Crippen molar-refractivity contribution in [1.29, 1.82) is 0 Å². The lowest BCUT2D eigenvalue weighted by Crippen LogP contribution is -2.49. The zero-order chi connectivity index (χ0) is 18.8. The molecule has 2 aromatic heterocycles. The molecule has 0 radical (unpaired) electrons. The summed E-state index contributed by atoms with van der Waals surface area (Å²) in [6, 6.07) is 7.13. The minimum atomic E-state index is -0.294. The van der Waals surface area contributed by atoms with Crippen LogP contribution in [0.15, 0.2) is 35.8 Å². The molecule has 0 bridgehead atoms. The van der Waals surface area contributed by atoms with Crippen molar-refractivity contribution in [3.05, 3.63) is 40.7 Å². The van der Waals surface area contributed by atoms with E-state index in [9.17, 15) is 14.4 Å². The van der Waals surface area contributed by atoms with Gasteiger partial charge in [-0.05, 0) is 36.4 Å². The number of ether oxygens (including phenoxy) is 1. The lowest BCUT2D eigenvalue weighted by molar-refractivity contribution is -0.133. The van der Waals surface area contributed by atoms with Crippen LogP contribution in [0.5, 0.6) is 5.75 Å². The predicted octanol–water partition coefficient (Wildman–Crippen LogP) is 1.99. The minimum absolute atomic E-state index is 0.0912. The largest absolute Gasteiger partial charge is 0.480 e. The van der Waals surface area contributed by atoms with E-state index in [1.807, 2.05) is 17.5 Å². The molecule has 7 nitrogen and oxygen atoms in total. The Bertz CT molecular complexity index is 868. The average molecular weight is 385 g/mol. The number of carbonyl (C=O) groups excluding carboxylic acids is 3. The Morgan fingerprint density at radius 3 is 3.00 bits per heavy atom. The number of carbonyl (C=O) groups is 3. The van der Waals surface area contributed by atoms with E-state index in [0.29, 0.717) is 24.7 Å². The first-order chi connectivity index (χ1) is 13.1. The SMILES string of the molecule is O=C(c1cccs1)C1CCCN(C(=O)CN2C(=O)COc3cccnc32)C1. The Hall–Kier alpha value is -2.74. The van der Waals surface area contributed by atoms with Gasteiger partial charge in [-0.25, -0.2) is 4.98 Å². The fourth-order valence-electron chi connectivity index (χ4n) is 3.47. The lowest BCUT2D eigenvalue weighted by atomic mass is 9.93. The fraction of sp³-hybridized carbons (Fsp3) is 0.368. The van der Waals surface area contributed by atoms with E-state index in [1.165, 1.54) is 16.2 Å². The second-order valence-electron chi connectivity index (χ2n) is 6.61. The molecule has 2 aliphatic rings. The summed E-state index contributed by atoms with van der Waals surface area (Å²) >= 11 is 1.43. The van der Waals surface area contributed by atoms with Gasteiger partial charge in [0.1, 0.15) is 6.54 Å². The molecule has 2 aromatic rings. The van der Waals surface area contributed by atoms with Crippen molar-refractivity contribution in [3.63, 3.8) is 0 Å². The Morgan fingerprint density at radius 1 is 1.30 bits per heavy atom. The highest BCUT2D eigenvalue weighted by atomic mass is 32.1. The number of aromatic nitrogens is 1. The summed E-state index contributed by atoms with van der Waals surface area (Å²) in [5.74, 6) is 0.298. The summed E-state index contributed by atoms with van der Waals surface area (Å²) in [5, 5.41) is 1.88. The zero-order valence-electron chi connectivity index (χ0n) is 14.7. The normalized spacial score (nSPS) is 19.4. The summed E-state index contributed by atoms with van der Waals surface area (Å²) < 4.78 is 5.36. The summed E-state index contributed by atoms with van der Waals surface area (Å²) in [6.45, 7) is 0.793. The lowest BCUT2D eigenvalue weighted by Gasteiger charge is -2.34. The summed E-state index contributed by atoms with van der Waals surface area (Å²) in [5.41, 5.74) is 0. The summed E-state index contributed by atoms with van der Waals surface area (Å²) in [4.78, 5) is 45.7. The standard InChI is InChI=1S/C19H19N3O4S/c23-16(11-22-17(24)12-26-14-5-1-7-20-19(14)22)21-8-2-4-13(10-21)18(25)15-6-3-9-27-15/h1,3,5-7,9,13H,2,4,8,10-12H2. The van der Waals surface area contributed by atoms with Crippen molar-refractivity contribution >= 4 is 34.8 Å². The number of ketones is 1. The molecule has 0 saturated carbocycles. The number of nitrogens with zero attached hydrogens (tertiary/aromatic N) is 3. The van der Waals surface area contributed by atoms with Crippen LogP contribution in [0.1, 0.15) is 22.5 Å². The van der Waals surface area contributed by atoms with Crippen LogP contribution in [0.3, 0.4) is 0 Å². The second kappa shape index (κ2) is 7.48. The molecular weight excluding hydrogens is 366 g/mol. The molecule has 0 spiro atoms. The van der Waals surface area contributed by atoms with Crippen molar-refractivity contribution in [2.75, 3.05) is 31.1 Å². The highest BCUT2D eigenvalue weighted by Crippen LogP contribution is 2.29. The Labute approximate surface area is 160 Å². The number of amides is 2. The molecule has 2 aliphatic heterocycles. The monoisotopic (exact) mass is 385 g/mol. The Morgan fingerprint density at radius 2 is 2.19 bits per heavy atom. The van der Waals surface area contributed by atoms with Gasteiger partial charge in [0.05, 0.1) is 4.88 Å². The van der Waals surface area contributed by atoms with Gasteiger partial charge in [0.2, 0.25) is 5.91 Å². The van der Waals surface area contributed by atoms with E-state index in [-0.39, 0.29) is 36.7 Å². The quantitative estimate of drug-likeness (QED) is 0.752. The molecule has 1 saturated heterocycles. The number of hydrogen-bond acceptors (Lipinski definition) is 6. The number of fused-ring (bicyclic) bond motifs is 1. The van der Waals surface area contributed by atoms with Crippen LogP contribution in [0.25, 0.3) is 0 Å². The van der Waals surface area contributed by atoms with Crippen LogP contribution in [0.4, 0.5) is 5.82 Å². The molecular formula is C19H19N3O4S. The van der Waals surface area contributed by atoms with E-state index in [0.717, 1.165) is 17.7 Å². The third-order valence-corrected chi connectivity index (χ3v) is 5.75. The molecule has 8 heteroatoms. The first-order valence-corrected chi connectivity index (χ1v) is 9.75. The topological polar surface area (TPSA) is 79.8 Å². The van der Waals surface area contributed by atoms with Gasteiger partial charge in [-0.3, -0.25) is 19.3 Å². The fourth-order valence-corrected chi connectivity index (χ4v) is 4.21. The Kier molecular flexibility index (Phi) is 4.89. The highest BCUT2D eigenvalue weighted by Gasteiger charge is 2.33. The number of anilines is 1. The maximum Gasteiger partial charge on any atom is 0.266 e. The number of Topliss-reactive ketones (excluding diaryl/α,β-unsaturated/α-hetero) is 1. The van der Waals surface area contributed by atoms with Gasteiger partial charge in [0.25, 0.3) is 5.91 Å². The van der Waals surface area contributed by atoms with Crippen LogP contribution < -0.4 is 9.64 Å². The van der Waals surface area contributed by atoms with Crippen LogP contribution >= 0.6 is 11.3 Å². The highest BCUT2D eigenvalue weighted by molar-refractivity contribution is 7.12. The third kappa shape index (κ3) is 3.57. The van der Waals surface area contributed by atoms with Crippen molar-refractivity contribution in [1.82, 2.24) is 9.88 Å². The van der Waals surface area contributed by atoms with Crippen molar-refractivity contribution in [2.24, 2.45) is 5.92 Å². The van der Waals surface area contributed by atoms with E-state index < -0.39 is 0 Å². The summed E-state index contributed by atoms with van der Waals surface area (Å²) in [7, 11) is 0. The van der Waals surface area contributed by atoms with Crippen LogP contribution in [0.2, 0.25) is 0 Å². The molecule has 27 heavy (non-hydrogen) atoms. The zero-order valence-corrected chi connectivity index (χ0v) is 15.5. The van der Waals surface area contributed by atoms with E-state index in [4.69, 9.17) is 4.74 Å². The van der Waals surface area contributed by atoms with Crippen LogP contribution in [-0.4, -0.2) is 53.7 Å². The molecule has 0 aromatic carbocycles. The van der Waals surface area contributed by atoms with Crippen LogP contribution in [0, 0.1) is 5.92 Å². The second-order valence-corrected chi connectivity index (χ2v) is 7.56. The molecule has 2 amide bonds. The van der Waals surface area contributed by atoms with Gasteiger partial charge >= 0.3 is 0 Å². The molecule has 1 fully saturated rings. The molecule has 140 valence electrons. The third-order valence-electron chi connectivity index (χ3n) is 4.86. The van der Waals surface area contributed by atoms with Crippen molar-refractivity contribution in [3.8, 4) is 5.75 Å². The number of pyridine rings is 1. The molecule has 0 N–H and O–H groups in total. The number of hydrogen-bond donors (Lipinski definition) is 0.